The van der Waals surface area contributed by atoms with Crippen LogP contribution in [0.2, 0.25) is 0 Å². The molecule has 0 bridgehead atoms. The molecule has 0 unspecified atom stereocenters. The first-order valence-electron chi connectivity index (χ1n) is 10.7. The number of nitrogens with one attached hydrogen (secondary N) is 1. The minimum Gasteiger partial charge on any atom is -0.377 e. The largest absolute Gasteiger partial charge is 0.377 e. The van der Waals surface area contributed by atoms with E-state index in [4.69, 9.17) is 9.72 Å². The first kappa shape index (κ1) is 20.3. The maximum absolute atomic E-state index is 5.35. The minimum atomic E-state index is 0.341. The summed E-state index contributed by atoms with van der Waals surface area (Å²) in [7, 11) is 3.99. The highest BCUT2D eigenvalue weighted by molar-refractivity contribution is 5.85. The molecule has 0 spiro atoms. The van der Waals surface area contributed by atoms with Crippen molar-refractivity contribution in [1.82, 2.24) is 29.9 Å². The fraction of sp³-hybridized carbons (Fsp3) is 0.348. The van der Waals surface area contributed by atoms with E-state index in [1.807, 2.05) is 42.3 Å². The molecule has 5 rings (SSSR count). The molecule has 0 saturated carbocycles. The Morgan fingerprint density at radius 1 is 1.12 bits per heavy atom. The number of aromatic nitrogens is 6. The number of nitrogens with zero attached hydrogens (tertiary/aromatic N) is 7. The molecule has 0 amide bonds. The summed E-state index contributed by atoms with van der Waals surface area (Å²) in [6.45, 7) is 5.70. The first-order chi connectivity index (χ1) is 15.5. The molecule has 1 aliphatic heterocycles. The van der Waals surface area contributed by atoms with Crippen molar-refractivity contribution in [3.05, 3.63) is 48.4 Å². The molecule has 4 aromatic heterocycles. The van der Waals surface area contributed by atoms with E-state index >= 15 is 0 Å². The molecular formula is C23H26N8O. The van der Waals surface area contributed by atoms with Gasteiger partial charge in [0.15, 0.2) is 11.6 Å². The predicted octanol–water partition coefficient (Wildman–Crippen LogP) is 3.52. The van der Waals surface area contributed by atoms with Crippen molar-refractivity contribution < 1.29 is 4.74 Å². The van der Waals surface area contributed by atoms with Gasteiger partial charge >= 0.3 is 0 Å². The highest BCUT2D eigenvalue weighted by Crippen LogP contribution is 2.32. The number of likely N-dealkylation sites (N-methyl/N-ethyl adjacent to an activating group) is 1. The van der Waals surface area contributed by atoms with Gasteiger partial charge < -0.3 is 15.0 Å². The van der Waals surface area contributed by atoms with E-state index in [1.54, 1.807) is 6.20 Å². The van der Waals surface area contributed by atoms with Gasteiger partial charge in [-0.2, -0.15) is 10.2 Å². The van der Waals surface area contributed by atoms with Crippen LogP contribution >= 0.6 is 0 Å². The van der Waals surface area contributed by atoms with Crippen LogP contribution in [0.4, 0.5) is 17.5 Å². The summed E-state index contributed by atoms with van der Waals surface area (Å²) < 4.78 is 7.18. The van der Waals surface area contributed by atoms with Gasteiger partial charge in [-0.15, -0.1) is 5.10 Å². The van der Waals surface area contributed by atoms with Crippen LogP contribution in [0.15, 0.2) is 42.9 Å². The summed E-state index contributed by atoms with van der Waals surface area (Å²) in [5, 5.41) is 16.2. The Kier molecular flexibility index (Phi) is 5.18. The molecule has 0 aliphatic carbocycles. The smallest absolute Gasteiger partial charge is 0.158 e. The third kappa shape index (κ3) is 3.87. The Morgan fingerprint density at radius 3 is 2.72 bits per heavy atom. The van der Waals surface area contributed by atoms with E-state index in [0.29, 0.717) is 23.6 Å². The van der Waals surface area contributed by atoms with Gasteiger partial charge in [0, 0.05) is 37.6 Å². The molecule has 5 heterocycles. The predicted molar refractivity (Wildman–Crippen MR) is 124 cm³/mol. The lowest BCUT2D eigenvalue weighted by atomic mass is 10.1. The van der Waals surface area contributed by atoms with Crippen molar-refractivity contribution in [2.45, 2.75) is 25.8 Å². The highest BCUT2D eigenvalue weighted by Gasteiger charge is 2.27. The van der Waals surface area contributed by atoms with E-state index in [-0.39, 0.29) is 0 Å². The maximum Gasteiger partial charge on any atom is 0.158 e. The van der Waals surface area contributed by atoms with Gasteiger partial charge in [0.25, 0.3) is 0 Å². The van der Waals surface area contributed by atoms with Crippen LogP contribution in [0.25, 0.3) is 22.2 Å². The Balaban J connectivity index is 1.47. The van der Waals surface area contributed by atoms with Crippen LogP contribution in [-0.4, -0.2) is 56.2 Å². The molecule has 0 aromatic carbocycles. The number of rotatable bonds is 6. The Morgan fingerprint density at radius 2 is 1.97 bits per heavy atom. The third-order valence-corrected chi connectivity index (χ3v) is 5.76. The average molecular weight is 431 g/mol. The van der Waals surface area contributed by atoms with Crippen molar-refractivity contribution in [2.75, 3.05) is 30.5 Å². The monoisotopic (exact) mass is 430 g/mol. The molecule has 1 aliphatic rings. The number of aryl methyl sites for hydroxylation is 1. The standard InChI is InChI=1S/C23H26N8O/c1-14(2)15-8-22(28-25-10-15)27-21-6-5-19-20(26-21)7-16(9-24-19)18-11-30(3)29-23(18)31(4)17-12-32-13-17/h5-11,14,17H,12-13H2,1-4H3,(H,26,27,28). The molecule has 164 valence electrons. The molecular weight excluding hydrogens is 404 g/mol. The van der Waals surface area contributed by atoms with Crippen LogP contribution < -0.4 is 10.2 Å². The molecule has 32 heavy (non-hydrogen) atoms. The molecule has 9 heteroatoms. The van der Waals surface area contributed by atoms with Crippen LogP contribution in [0.3, 0.4) is 0 Å². The average Bonchev–Trinajstić information content (AvgIpc) is 3.14. The van der Waals surface area contributed by atoms with E-state index in [0.717, 1.165) is 46.8 Å². The number of fused-ring (bicyclic) bond motifs is 1. The fourth-order valence-corrected chi connectivity index (χ4v) is 3.67. The van der Waals surface area contributed by atoms with Crippen molar-refractivity contribution in [3.63, 3.8) is 0 Å². The molecule has 4 aromatic rings. The summed E-state index contributed by atoms with van der Waals surface area (Å²) in [6, 6.07) is 8.25. The summed E-state index contributed by atoms with van der Waals surface area (Å²) in [5.74, 6) is 2.66. The minimum absolute atomic E-state index is 0.341. The summed E-state index contributed by atoms with van der Waals surface area (Å²) in [5.41, 5.74) is 4.74. The van der Waals surface area contributed by atoms with Gasteiger partial charge in [0.2, 0.25) is 0 Å². The van der Waals surface area contributed by atoms with Crippen LogP contribution in [0.1, 0.15) is 25.3 Å². The first-order valence-corrected chi connectivity index (χ1v) is 10.7. The summed E-state index contributed by atoms with van der Waals surface area (Å²) in [6.07, 6.45) is 5.68. The van der Waals surface area contributed by atoms with E-state index < -0.39 is 0 Å². The number of hydrogen-bond donors (Lipinski definition) is 1. The third-order valence-electron chi connectivity index (χ3n) is 5.76. The van der Waals surface area contributed by atoms with Gasteiger partial charge in [-0.1, -0.05) is 13.8 Å². The quantitative estimate of drug-likeness (QED) is 0.497. The molecule has 1 saturated heterocycles. The lowest BCUT2D eigenvalue weighted by Crippen LogP contribution is -2.47. The molecule has 1 N–H and O–H groups in total. The highest BCUT2D eigenvalue weighted by atomic mass is 16.5. The van der Waals surface area contributed by atoms with Gasteiger partial charge in [0.1, 0.15) is 5.82 Å². The topological polar surface area (TPSA) is 93.9 Å². The second kappa shape index (κ2) is 8.16. The second-order valence-corrected chi connectivity index (χ2v) is 8.45. The fourth-order valence-electron chi connectivity index (χ4n) is 3.67. The van der Waals surface area contributed by atoms with E-state index in [2.05, 4.69) is 57.5 Å². The molecule has 0 atom stereocenters. The van der Waals surface area contributed by atoms with Gasteiger partial charge in [-0.25, -0.2) is 4.98 Å². The summed E-state index contributed by atoms with van der Waals surface area (Å²) >= 11 is 0. The van der Waals surface area contributed by atoms with Crippen molar-refractivity contribution in [1.29, 1.82) is 0 Å². The SMILES string of the molecule is CC(C)c1cnnc(Nc2ccc3ncc(-c4cn(C)nc4N(C)C4COC4)cc3n2)c1. The van der Waals surface area contributed by atoms with E-state index in [9.17, 15) is 0 Å². The second-order valence-electron chi connectivity index (χ2n) is 8.45. The normalized spacial score (nSPS) is 14.0. The molecule has 1 fully saturated rings. The number of anilines is 3. The van der Waals surface area contributed by atoms with Gasteiger partial charge in [-0.05, 0) is 35.7 Å². The zero-order chi connectivity index (χ0) is 22.2. The zero-order valence-electron chi connectivity index (χ0n) is 18.6. The van der Waals surface area contributed by atoms with Gasteiger partial charge in [-0.3, -0.25) is 9.67 Å². The lowest BCUT2D eigenvalue weighted by Gasteiger charge is -2.35. The van der Waals surface area contributed by atoms with Crippen molar-refractivity contribution in [3.8, 4) is 11.1 Å². The van der Waals surface area contributed by atoms with Crippen LogP contribution in [0, 0.1) is 0 Å². The Hall–Kier alpha value is -3.59. The zero-order valence-corrected chi connectivity index (χ0v) is 18.6. The lowest BCUT2D eigenvalue weighted by molar-refractivity contribution is 0.00989. The van der Waals surface area contributed by atoms with Crippen LogP contribution in [-0.2, 0) is 11.8 Å². The molecule has 0 radical (unpaired) electrons. The van der Waals surface area contributed by atoms with Crippen molar-refractivity contribution >= 4 is 28.5 Å². The van der Waals surface area contributed by atoms with Crippen molar-refractivity contribution in [2.24, 2.45) is 7.05 Å². The van der Waals surface area contributed by atoms with E-state index in [1.165, 1.54) is 0 Å². The number of ether oxygens (including phenoxy) is 1. The Bertz CT molecular complexity index is 1260. The molecule has 9 nitrogen and oxygen atoms in total. The number of pyridine rings is 2. The Labute approximate surface area is 186 Å². The van der Waals surface area contributed by atoms with Gasteiger partial charge in [0.05, 0.1) is 36.5 Å². The number of hydrogen-bond acceptors (Lipinski definition) is 8. The van der Waals surface area contributed by atoms with Crippen LogP contribution in [0.5, 0.6) is 0 Å². The maximum atomic E-state index is 5.35. The summed E-state index contributed by atoms with van der Waals surface area (Å²) in [4.78, 5) is 11.6.